The highest BCUT2D eigenvalue weighted by Gasteiger charge is 2.11. The fourth-order valence-corrected chi connectivity index (χ4v) is 1.83. The Labute approximate surface area is 89.4 Å². The molecule has 0 radical (unpaired) electrons. The molecule has 1 heterocycles. The predicted molar refractivity (Wildman–Crippen MR) is 59.0 cm³/mol. The molecule has 0 amide bonds. The van der Waals surface area contributed by atoms with Gasteiger partial charge in [0.25, 0.3) is 0 Å². The first-order valence-corrected chi connectivity index (χ1v) is 5.31. The summed E-state index contributed by atoms with van der Waals surface area (Å²) in [7, 11) is 0. The summed E-state index contributed by atoms with van der Waals surface area (Å²) >= 11 is 0. The molecular weight excluding hydrogens is 190 g/mol. The van der Waals surface area contributed by atoms with Gasteiger partial charge in [-0.3, -0.25) is 4.79 Å². The number of hydrogen-bond acceptors (Lipinski definition) is 3. The van der Waals surface area contributed by atoms with Gasteiger partial charge < -0.3 is 10.1 Å². The van der Waals surface area contributed by atoms with E-state index in [2.05, 4.69) is 11.4 Å². The molecule has 0 unspecified atom stereocenters. The zero-order valence-electron chi connectivity index (χ0n) is 8.88. The van der Waals surface area contributed by atoms with E-state index in [9.17, 15) is 4.79 Å². The van der Waals surface area contributed by atoms with E-state index in [0.717, 1.165) is 24.2 Å². The van der Waals surface area contributed by atoms with Gasteiger partial charge in [0.05, 0.1) is 13.0 Å². The summed E-state index contributed by atoms with van der Waals surface area (Å²) in [5, 5.41) is 3.29. The molecule has 0 aliphatic carbocycles. The van der Waals surface area contributed by atoms with Gasteiger partial charge in [-0.2, -0.15) is 0 Å². The van der Waals surface area contributed by atoms with Gasteiger partial charge in [-0.15, -0.1) is 0 Å². The fourth-order valence-electron chi connectivity index (χ4n) is 1.83. The summed E-state index contributed by atoms with van der Waals surface area (Å²) in [5.74, 6) is -0.157. The molecule has 2 rings (SSSR count). The maximum Gasteiger partial charge on any atom is 0.310 e. The third-order valence-corrected chi connectivity index (χ3v) is 2.54. The standard InChI is InChI=1S/C12H15NO2/c1-2-15-12(14)8-9-3-4-10-5-6-13-11(10)7-9/h3-4,7,13H,2,5-6,8H2,1H3. The number of anilines is 1. The largest absolute Gasteiger partial charge is 0.466 e. The van der Waals surface area contributed by atoms with Gasteiger partial charge in [-0.1, -0.05) is 12.1 Å². The van der Waals surface area contributed by atoms with Gasteiger partial charge in [0.15, 0.2) is 0 Å². The highest BCUT2D eigenvalue weighted by molar-refractivity contribution is 5.73. The van der Waals surface area contributed by atoms with Crippen LogP contribution in [0.15, 0.2) is 18.2 Å². The van der Waals surface area contributed by atoms with Crippen molar-refractivity contribution < 1.29 is 9.53 Å². The number of nitrogens with one attached hydrogen (secondary N) is 1. The van der Waals surface area contributed by atoms with Gasteiger partial charge in [-0.05, 0) is 30.5 Å². The fraction of sp³-hybridized carbons (Fsp3) is 0.417. The summed E-state index contributed by atoms with van der Waals surface area (Å²) in [6.45, 7) is 3.27. The Balaban J connectivity index is 2.06. The Bertz CT molecular complexity index is 374. The lowest BCUT2D eigenvalue weighted by atomic mass is 10.1. The second-order valence-electron chi connectivity index (χ2n) is 3.65. The zero-order valence-corrected chi connectivity index (χ0v) is 8.88. The highest BCUT2D eigenvalue weighted by atomic mass is 16.5. The van der Waals surface area contributed by atoms with Crippen molar-refractivity contribution in [3.63, 3.8) is 0 Å². The van der Waals surface area contributed by atoms with Gasteiger partial charge in [0.1, 0.15) is 0 Å². The normalized spacial score (nSPS) is 13.1. The SMILES string of the molecule is CCOC(=O)Cc1ccc2c(c1)NCC2. The molecule has 3 nitrogen and oxygen atoms in total. The lowest BCUT2D eigenvalue weighted by Gasteiger charge is -2.04. The van der Waals surface area contributed by atoms with Gasteiger partial charge >= 0.3 is 5.97 Å². The molecule has 3 heteroatoms. The molecular formula is C12H15NO2. The van der Waals surface area contributed by atoms with Crippen LogP contribution < -0.4 is 5.32 Å². The average molecular weight is 205 g/mol. The molecule has 1 N–H and O–H groups in total. The number of fused-ring (bicyclic) bond motifs is 1. The average Bonchev–Trinajstić information content (AvgIpc) is 2.65. The van der Waals surface area contributed by atoms with Gasteiger partial charge in [0.2, 0.25) is 0 Å². The van der Waals surface area contributed by atoms with Crippen LogP contribution >= 0.6 is 0 Å². The van der Waals surface area contributed by atoms with Gasteiger partial charge in [-0.25, -0.2) is 0 Å². The second kappa shape index (κ2) is 4.34. The Kier molecular flexibility index (Phi) is 2.90. The molecule has 1 aromatic rings. The van der Waals surface area contributed by atoms with Crippen LogP contribution in [-0.2, 0) is 22.4 Å². The number of esters is 1. The smallest absolute Gasteiger partial charge is 0.310 e. The molecule has 80 valence electrons. The topological polar surface area (TPSA) is 38.3 Å². The van der Waals surface area contributed by atoms with Crippen LogP contribution in [0, 0.1) is 0 Å². The summed E-state index contributed by atoms with van der Waals surface area (Å²) in [4.78, 5) is 11.3. The minimum absolute atomic E-state index is 0.157. The van der Waals surface area contributed by atoms with Crippen LogP contribution in [0.25, 0.3) is 0 Å². The summed E-state index contributed by atoms with van der Waals surface area (Å²) in [6.07, 6.45) is 1.44. The van der Waals surface area contributed by atoms with Crippen molar-refractivity contribution in [1.29, 1.82) is 0 Å². The van der Waals surface area contributed by atoms with Gasteiger partial charge in [0, 0.05) is 12.2 Å². The Hall–Kier alpha value is -1.51. The van der Waals surface area contributed by atoms with E-state index in [1.54, 1.807) is 0 Å². The number of benzene rings is 1. The molecule has 0 atom stereocenters. The van der Waals surface area contributed by atoms with E-state index in [0.29, 0.717) is 13.0 Å². The highest BCUT2D eigenvalue weighted by Crippen LogP contribution is 2.23. The molecule has 15 heavy (non-hydrogen) atoms. The summed E-state index contributed by atoms with van der Waals surface area (Å²) in [5.41, 5.74) is 3.51. The van der Waals surface area contributed by atoms with Crippen molar-refractivity contribution in [1.82, 2.24) is 0 Å². The lowest BCUT2D eigenvalue weighted by molar-refractivity contribution is -0.142. The maximum absolute atomic E-state index is 11.3. The van der Waals surface area contributed by atoms with Crippen LogP contribution in [0.5, 0.6) is 0 Å². The Morgan fingerprint density at radius 2 is 2.40 bits per heavy atom. The van der Waals surface area contributed by atoms with E-state index < -0.39 is 0 Å². The number of hydrogen-bond donors (Lipinski definition) is 1. The molecule has 0 fully saturated rings. The molecule has 0 saturated carbocycles. The molecule has 1 aliphatic rings. The number of rotatable bonds is 3. The van der Waals surface area contributed by atoms with Crippen molar-refractivity contribution in [2.45, 2.75) is 19.8 Å². The van der Waals surface area contributed by atoms with Crippen LogP contribution in [0.1, 0.15) is 18.1 Å². The number of carbonyl (C=O) groups excluding carboxylic acids is 1. The van der Waals surface area contributed by atoms with E-state index in [4.69, 9.17) is 4.74 Å². The van der Waals surface area contributed by atoms with Crippen molar-refractivity contribution in [2.75, 3.05) is 18.5 Å². The minimum atomic E-state index is -0.157. The summed E-state index contributed by atoms with van der Waals surface area (Å²) in [6, 6.07) is 6.13. The second-order valence-corrected chi connectivity index (χ2v) is 3.65. The van der Waals surface area contributed by atoms with Crippen LogP contribution in [0.2, 0.25) is 0 Å². The van der Waals surface area contributed by atoms with Crippen molar-refractivity contribution in [2.24, 2.45) is 0 Å². The first-order valence-electron chi connectivity index (χ1n) is 5.31. The first kappa shape index (κ1) is 10.0. The van der Waals surface area contributed by atoms with Crippen molar-refractivity contribution in [3.05, 3.63) is 29.3 Å². The molecule has 0 bridgehead atoms. The quantitative estimate of drug-likeness (QED) is 0.764. The maximum atomic E-state index is 11.3. The minimum Gasteiger partial charge on any atom is -0.466 e. The number of ether oxygens (including phenoxy) is 1. The lowest BCUT2D eigenvalue weighted by Crippen LogP contribution is -2.07. The van der Waals surface area contributed by atoms with E-state index in [1.165, 1.54) is 5.56 Å². The third kappa shape index (κ3) is 2.29. The van der Waals surface area contributed by atoms with Crippen molar-refractivity contribution >= 4 is 11.7 Å². The van der Waals surface area contributed by atoms with Crippen LogP contribution in [0.3, 0.4) is 0 Å². The zero-order chi connectivity index (χ0) is 10.7. The Morgan fingerprint density at radius 3 is 3.20 bits per heavy atom. The molecule has 0 spiro atoms. The first-order chi connectivity index (χ1) is 7.29. The van der Waals surface area contributed by atoms with Crippen LogP contribution in [-0.4, -0.2) is 19.1 Å². The summed E-state index contributed by atoms with van der Waals surface area (Å²) < 4.78 is 4.91. The van der Waals surface area contributed by atoms with Crippen LogP contribution in [0.4, 0.5) is 5.69 Å². The monoisotopic (exact) mass is 205 g/mol. The number of carbonyl (C=O) groups is 1. The molecule has 1 aliphatic heterocycles. The molecule has 1 aromatic carbocycles. The molecule has 0 saturated heterocycles. The predicted octanol–water partition coefficient (Wildman–Crippen LogP) is 1.76. The van der Waals surface area contributed by atoms with E-state index in [-0.39, 0.29) is 5.97 Å². The van der Waals surface area contributed by atoms with Crippen molar-refractivity contribution in [3.8, 4) is 0 Å². The Morgan fingerprint density at radius 1 is 1.53 bits per heavy atom. The van der Waals surface area contributed by atoms with E-state index >= 15 is 0 Å². The third-order valence-electron chi connectivity index (χ3n) is 2.54. The molecule has 0 aromatic heterocycles. The van der Waals surface area contributed by atoms with E-state index in [1.807, 2.05) is 19.1 Å².